The number of aliphatic hydroxyl groups excluding tert-OH is 3. The summed E-state index contributed by atoms with van der Waals surface area (Å²) in [6.07, 6.45) is -1.65. The van der Waals surface area contributed by atoms with E-state index in [1.807, 2.05) is 0 Å². The van der Waals surface area contributed by atoms with E-state index in [0.717, 1.165) is 0 Å². The second-order valence-electron chi connectivity index (χ2n) is 3.05. The van der Waals surface area contributed by atoms with Gasteiger partial charge in [0.1, 0.15) is 0 Å². The molecule has 1 unspecified atom stereocenters. The van der Waals surface area contributed by atoms with Crippen LogP contribution in [0.1, 0.15) is 15.9 Å². The van der Waals surface area contributed by atoms with Gasteiger partial charge in [0, 0.05) is 11.1 Å². The van der Waals surface area contributed by atoms with Crippen LogP contribution in [0.4, 0.5) is 0 Å². The van der Waals surface area contributed by atoms with Crippen molar-refractivity contribution in [2.75, 3.05) is 0 Å². The molecule has 0 radical (unpaired) electrons. The number of carbonyl (C=O) groups excluding carboxylic acids is 1. The summed E-state index contributed by atoms with van der Waals surface area (Å²) in [5.41, 5.74) is 0.468. The van der Waals surface area contributed by atoms with Gasteiger partial charge in [0.15, 0.2) is 23.4 Å². The lowest BCUT2D eigenvalue weighted by Crippen LogP contribution is -2.28. The number of rotatable bonds is 0. The molecule has 0 amide bonds. The quantitative estimate of drug-likeness (QED) is 0.573. The summed E-state index contributed by atoms with van der Waals surface area (Å²) in [6, 6.07) is 6.25. The van der Waals surface area contributed by atoms with Gasteiger partial charge in [0.2, 0.25) is 0 Å². The number of Topliss-reactive ketones (excluding diaryl/α,β-unsaturated/α-hetero) is 1. The number of benzene rings is 1. The zero-order chi connectivity index (χ0) is 10.3. The first-order chi connectivity index (χ1) is 6.63. The van der Waals surface area contributed by atoms with Crippen molar-refractivity contribution >= 4 is 11.5 Å². The fourth-order valence-corrected chi connectivity index (χ4v) is 1.44. The standard InChI is InChI=1S/C10H8O4/c11-7-5-3-1-2-4-6(5)8(12)10(14)9(7)13/h1-4,9,12-14H. The highest BCUT2D eigenvalue weighted by Crippen LogP contribution is 2.27. The van der Waals surface area contributed by atoms with Crippen LogP contribution in [0.25, 0.3) is 5.76 Å². The van der Waals surface area contributed by atoms with E-state index in [9.17, 15) is 20.1 Å². The third kappa shape index (κ3) is 1.01. The molecule has 0 saturated heterocycles. The molecule has 1 atom stereocenters. The number of ketones is 1. The molecule has 4 nitrogen and oxygen atoms in total. The molecule has 0 bridgehead atoms. The number of aliphatic hydroxyl groups is 3. The third-order valence-corrected chi connectivity index (χ3v) is 2.20. The highest BCUT2D eigenvalue weighted by molar-refractivity contribution is 6.07. The fourth-order valence-electron chi connectivity index (χ4n) is 1.44. The van der Waals surface area contributed by atoms with Crippen molar-refractivity contribution in [2.24, 2.45) is 0 Å². The third-order valence-electron chi connectivity index (χ3n) is 2.20. The molecule has 0 aromatic heterocycles. The average molecular weight is 192 g/mol. The van der Waals surface area contributed by atoms with Crippen molar-refractivity contribution in [3.63, 3.8) is 0 Å². The highest BCUT2D eigenvalue weighted by Gasteiger charge is 2.32. The van der Waals surface area contributed by atoms with Crippen LogP contribution < -0.4 is 0 Å². The van der Waals surface area contributed by atoms with Crippen LogP contribution in [0.5, 0.6) is 0 Å². The van der Waals surface area contributed by atoms with Gasteiger partial charge in [-0.25, -0.2) is 0 Å². The summed E-state index contributed by atoms with van der Waals surface area (Å²) in [7, 11) is 0. The molecule has 1 aromatic carbocycles. The Kier molecular flexibility index (Phi) is 1.79. The van der Waals surface area contributed by atoms with E-state index in [-0.39, 0.29) is 11.1 Å². The Morgan fingerprint density at radius 3 is 2.29 bits per heavy atom. The first kappa shape index (κ1) is 8.77. The van der Waals surface area contributed by atoms with Gasteiger partial charge >= 0.3 is 0 Å². The highest BCUT2D eigenvalue weighted by atomic mass is 16.3. The average Bonchev–Trinajstić information content (AvgIpc) is 2.23. The maximum atomic E-state index is 11.4. The minimum Gasteiger partial charge on any atom is -0.506 e. The number of carbonyl (C=O) groups is 1. The van der Waals surface area contributed by atoms with Gasteiger partial charge in [-0.15, -0.1) is 0 Å². The monoisotopic (exact) mass is 192 g/mol. The van der Waals surface area contributed by atoms with Crippen molar-refractivity contribution < 1.29 is 20.1 Å². The molecule has 0 heterocycles. The van der Waals surface area contributed by atoms with E-state index >= 15 is 0 Å². The molecule has 1 aliphatic rings. The van der Waals surface area contributed by atoms with Crippen LogP contribution in [-0.2, 0) is 0 Å². The maximum Gasteiger partial charge on any atom is 0.199 e. The molecular formula is C10H8O4. The first-order valence-electron chi connectivity index (χ1n) is 4.06. The Hall–Kier alpha value is -1.81. The molecule has 0 spiro atoms. The minimum atomic E-state index is -1.65. The van der Waals surface area contributed by atoms with Gasteiger partial charge < -0.3 is 15.3 Å². The Bertz CT molecular complexity index is 434. The van der Waals surface area contributed by atoms with E-state index in [2.05, 4.69) is 0 Å². The Balaban J connectivity index is 2.71. The molecule has 0 saturated carbocycles. The van der Waals surface area contributed by atoms with Crippen molar-refractivity contribution in [2.45, 2.75) is 6.10 Å². The second kappa shape index (κ2) is 2.85. The van der Waals surface area contributed by atoms with Crippen LogP contribution in [0, 0.1) is 0 Å². The van der Waals surface area contributed by atoms with Crippen molar-refractivity contribution in [3.8, 4) is 0 Å². The number of hydrogen-bond donors (Lipinski definition) is 3. The van der Waals surface area contributed by atoms with E-state index < -0.39 is 23.4 Å². The van der Waals surface area contributed by atoms with E-state index in [4.69, 9.17) is 0 Å². The van der Waals surface area contributed by atoms with Gasteiger partial charge in [-0.3, -0.25) is 4.79 Å². The molecule has 1 aromatic rings. The van der Waals surface area contributed by atoms with Gasteiger partial charge in [0.25, 0.3) is 0 Å². The normalized spacial score (nSPS) is 20.9. The van der Waals surface area contributed by atoms with E-state index in [1.165, 1.54) is 12.1 Å². The van der Waals surface area contributed by atoms with Gasteiger partial charge in [-0.1, -0.05) is 24.3 Å². The Morgan fingerprint density at radius 2 is 1.64 bits per heavy atom. The SMILES string of the molecule is O=C1c2ccccc2C(O)=C(O)C1O. The molecule has 72 valence electrons. The zero-order valence-electron chi connectivity index (χ0n) is 7.14. The van der Waals surface area contributed by atoms with Gasteiger partial charge in [-0.05, 0) is 0 Å². The summed E-state index contributed by atoms with van der Waals surface area (Å²) in [5.74, 6) is -1.72. The minimum absolute atomic E-state index is 0.218. The van der Waals surface area contributed by atoms with Crippen LogP contribution >= 0.6 is 0 Å². The summed E-state index contributed by atoms with van der Waals surface area (Å²) in [4.78, 5) is 11.4. The van der Waals surface area contributed by atoms with Crippen molar-refractivity contribution in [1.29, 1.82) is 0 Å². The largest absolute Gasteiger partial charge is 0.506 e. The summed E-state index contributed by atoms with van der Waals surface area (Å²) >= 11 is 0. The smallest absolute Gasteiger partial charge is 0.199 e. The molecule has 0 fully saturated rings. The number of fused-ring (bicyclic) bond motifs is 1. The Labute approximate surface area is 79.7 Å². The summed E-state index contributed by atoms with van der Waals surface area (Å²) in [6.45, 7) is 0. The number of hydrogen-bond acceptors (Lipinski definition) is 4. The lowest BCUT2D eigenvalue weighted by molar-refractivity contribution is 0.0717. The Morgan fingerprint density at radius 1 is 1.07 bits per heavy atom. The van der Waals surface area contributed by atoms with Crippen LogP contribution in [-0.4, -0.2) is 27.2 Å². The fraction of sp³-hybridized carbons (Fsp3) is 0.100. The summed E-state index contributed by atoms with van der Waals surface area (Å²) < 4.78 is 0. The van der Waals surface area contributed by atoms with Crippen molar-refractivity contribution in [3.05, 3.63) is 41.2 Å². The first-order valence-corrected chi connectivity index (χ1v) is 4.06. The lowest BCUT2D eigenvalue weighted by Gasteiger charge is -2.19. The van der Waals surface area contributed by atoms with E-state index in [0.29, 0.717) is 0 Å². The molecule has 3 N–H and O–H groups in total. The maximum absolute atomic E-state index is 11.4. The molecule has 14 heavy (non-hydrogen) atoms. The molecule has 0 aliphatic heterocycles. The van der Waals surface area contributed by atoms with Gasteiger partial charge in [0.05, 0.1) is 0 Å². The molecule has 4 heteroatoms. The molecule has 2 rings (SSSR count). The van der Waals surface area contributed by atoms with Gasteiger partial charge in [-0.2, -0.15) is 0 Å². The molecular weight excluding hydrogens is 184 g/mol. The van der Waals surface area contributed by atoms with Crippen molar-refractivity contribution in [1.82, 2.24) is 0 Å². The van der Waals surface area contributed by atoms with Crippen LogP contribution in [0.3, 0.4) is 0 Å². The second-order valence-corrected chi connectivity index (χ2v) is 3.05. The predicted molar refractivity (Wildman–Crippen MR) is 49.0 cm³/mol. The van der Waals surface area contributed by atoms with E-state index in [1.54, 1.807) is 12.1 Å². The summed E-state index contributed by atoms with van der Waals surface area (Å²) in [5, 5.41) is 27.9. The lowest BCUT2D eigenvalue weighted by atomic mass is 9.92. The molecule has 1 aliphatic carbocycles. The topological polar surface area (TPSA) is 77.8 Å². The zero-order valence-corrected chi connectivity index (χ0v) is 7.14. The van der Waals surface area contributed by atoms with Crippen LogP contribution in [0.2, 0.25) is 0 Å². The van der Waals surface area contributed by atoms with Crippen LogP contribution in [0.15, 0.2) is 30.0 Å². The predicted octanol–water partition coefficient (Wildman–Crippen LogP) is 1.03.